The summed E-state index contributed by atoms with van der Waals surface area (Å²) in [6, 6.07) is 18.3. The van der Waals surface area contributed by atoms with Gasteiger partial charge in [0, 0.05) is 5.56 Å². The predicted octanol–water partition coefficient (Wildman–Crippen LogP) is 2.21. The molecule has 0 bridgehead atoms. The molecule has 0 amide bonds. The first-order valence-corrected chi connectivity index (χ1v) is 6.70. The molecule has 0 fully saturated rings. The van der Waals surface area contributed by atoms with Gasteiger partial charge in [-0.3, -0.25) is 10.9 Å². The van der Waals surface area contributed by atoms with Crippen molar-refractivity contribution in [1.82, 2.24) is 15.6 Å². The van der Waals surface area contributed by atoms with Gasteiger partial charge in [-0.05, 0) is 16.7 Å². The highest BCUT2D eigenvalue weighted by Crippen LogP contribution is 2.27. The molecule has 0 aliphatic carbocycles. The molecule has 106 valence electrons. The van der Waals surface area contributed by atoms with Gasteiger partial charge in [0.2, 0.25) is 0 Å². The smallest absolute Gasteiger partial charge is 0.124 e. The number of aromatic amines is 1. The molecule has 2 aromatic carbocycles. The molecule has 0 saturated heterocycles. The molecule has 6 N–H and O–H groups in total. The van der Waals surface area contributed by atoms with E-state index in [9.17, 15) is 0 Å². The van der Waals surface area contributed by atoms with Crippen molar-refractivity contribution in [3.05, 3.63) is 71.9 Å². The fourth-order valence-corrected chi connectivity index (χ4v) is 2.40. The average molecular weight is 279 g/mol. The molecule has 0 radical (unpaired) electrons. The number of hydrogen-bond donors (Lipinski definition) is 4. The summed E-state index contributed by atoms with van der Waals surface area (Å²) in [6.07, 6.45) is 1.69. The van der Waals surface area contributed by atoms with Gasteiger partial charge in [0.05, 0.1) is 12.2 Å². The summed E-state index contributed by atoms with van der Waals surface area (Å²) in [5.74, 6) is 6.19. The normalized spacial score (nSPS) is 12.2. The van der Waals surface area contributed by atoms with Crippen LogP contribution in [-0.4, -0.2) is 10.2 Å². The summed E-state index contributed by atoms with van der Waals surface area (Å²) >= 11 is 0. The minimum atomic E-state index is -0.187. The summed E-state index contributed by atoms with van der Waals surface area (Å²) in [7, 11) is 0. The standard InChI is InChI=1S/C16H17N5/c17-16-14(10-19-21-16)15(20-18)13-8-6-12(7-9-13)11-4-2-1-3-5-11/h1-10,15,20H,18H2,(H3,17,19,21). The maximum atomic E-state index is 5.86. The van der Waals surface area contributed by atoms with Gasteiger partial charge in [-0.1, -0.05) is 54.6 Å². The Morgan fingerprint density at radius 2 is 1.62 bits per heavy atom. The number of nitrogen functional groups attached to an aromatic ring is 1. The van der Waals surface area contributed by atoms with Gasteiger partial charge in [0.25, 0.3) is 0 Å². The Bertz CT molecular complexity index is 703. The molecular weight excluding hydrogens is 262 g/mol. The number of hydrogen-bond acceptors (Lipinski definition) is 4. The van der Waals surface area contributed by atoms with E-state index in [0.29, 0.717) is 5.82 Å². The van der Waals surface area contributed by atoms with Crippen LogP contribution in [0.25, 0.3) is 11.1 Å². The maximum absolute atomic E-state index is 5.86. The number of nitrogens with one attached hydrogen (secondary N) is 2. The van der Waals surface area contributed by atoms with E-state index in [2.05, 4.69) is 39.9 Å². The molecule has 3 rings (SSSR count). The molecule has 1 atom stereocenters. The van der Waals surface area contributed by atoms with Crippen molar-refractivity contribution in [2.75, 3.05) is 5.73 Å². The molecule has 0 spiro atoms. The highest BCUT2D eigenvalue weighted by Gasteiger charge is 2.16. The Kier molecular flexibility index (Phi) is 3.68. The number of nitrogens with zero attached hydrogens (tertiary/aromatic N) is 1. The SMILES string of the molecule is NNC(c1ccc(-c2ccccc2)cc1)c1cn[nH]c1N. The lowest BCUT2D eigenvalue weighted by Gasteiger charge is -2.16. The van der Waals surface area contributed by atoms with Crippen LogP contribution in [0.3, 0.4) is 0 Å². The van der Waals surface area contributed by atoms with E-state index < -0.39 is 0 Å². The summed E-state index contributed by atoms with van der Waals surface area (Å²) in [5, 5.41) is 6.66. The van der Waals surface area contributed by atoms with E-state index in [-0.39, 0.29) is 6.04 Å². The van der Waals surface area contributed by atoms with Crippen LogP contribution in [0.15, 0.2) is 60.8 Å². The molecule has 1 aromatic heterocycles. The zero-order chi connectivity index (χ0) is 14.7. The lowest BCUT2D eigenvalue weighted by atomic mass is 9.98. The minimum absolute atomic E-state index is 0.187. The van der Waals surface area contributed by atoms with Crippen molar-refractivity contribution in [3.63, 3.8) is 0 Å². The Labute approximate surface area is 123 Å². The summed E-state index contributed by atoms with van der Waals surface area (Å²) in [5.41, 5.74) is 12.9. The van der Waals surface area contributed by atoms with Gasteiger partial charge in [0.1, 0.15) is 5.82 Å². The lowest BCUT2D eigenvalue weighted by Crippen LogP contribution is -2.29. The topological polar surface area (TPSA) is 92.7 Å². The first-order valence-electron chi connectivity index (χ1n) is 6.70. The van der Waals surface area contributed by atoms with Crippen LogP contribution in [-0.2, 0) is 0 Å². The number of benzene rings is 2. The number of nitrogens with two attached hydrogens (primary N) is 2. The average Bonchev–Trinajstić information content (AvgIpc) is 2.96. The van der Waals surface area contributed by atoms with E-state index in [4.69, 9.17) is 11.6 Å². The van der Waals surface area contributed by atoms with Crippen LogP contribution in [0.1, 0.15) is 17.2 Å². The van der Waals surface area contributed by atoms with Crippen LogP contribution in [0.4, 0.5) is 5.82 Å². The van der Waals surface area contributed by atoms with E-state index in [1.54, 1.807) is 6.20 Å². The molecule has 0 saturated carbocycles. The van der Waals surface area contributed by atoms with Crippen molar-refractivity contribution < 1.29 is 0 Å². The molecule has 0 aliphatic rings. The second-order valence-electron chi connectivity index (χ2n) is 4.83. The number of aromatic nitrogens is 2. The zero-order valence-electron chi connectivity index (χ0n) is 11.5. The van der Waals surface area contributed by atoms with Gasteiger partial charge in [-0.2, -0.15) is 5.10 Å². The first-order chi connectivity index (χ1) is 10.3. The fraction of sp³-hybridized carbons (Fsp3) is 0.0625. The third kappa shape index (κ3) is 2.65. The zero-order valence-corrected chi connectivity index (χ0v) is 11.5. The third-order valence-corrected chi connectivity index (χ3v) is 3.53. The van der Waals surface area contributed by atoms with Crippen LogP contribution in [0.2, 0.25) is 0 Å². The maximum Gasteiger partial charge on any atom is 0.124 e. The van der Waals surface area contributed by atoms with Crippen molar-refractivity contribution in [3.8, 4) is 11.1 Å². The second-order valence-corrected chi connectivity index (χ2v) is 4.83. The molecule has 5 nitrogen and oxygen atoms in total. The van der Waals surface area contributed by atoms with Crippen LogP contribution >= 0.6 is 0 Å². The molecule has 5 heteroatoms. The van der Waals surface area contributed by atoms with Crippen LogP contribution < -0.4 is 17.0 Å². The van der Waals surface area contributed by atoms with E-state index in [1.165, 1.54) is 5.56 Å². The molecule has 1 heterocycles. The first kappa shape index (κ1) is 13.4. The van der Waals surface area contributed by atoms with Gasteiger partial charge in [-0.25, -0.2) is 5.43 Å². The van der Waals surface area contributed by atoms with Gasteiger partial charge in [-0.15, -0.1) is 0 Å². The van der Waals surface area contributed by atoms with Crippen molar-refractivity contribution in [2.45, 2.75) is 6.04 Å². The molecule has 1 unspecified atom stereocenters. The number of H-pyrrole nitrogens is 1. The molecule has 21 heavy (non-hydrogen) atoms. The Morgan fingerprint density at radius 1 is 0.952 bits per heavy atom. The number of anilines is 1. The van der Waals surface area contributed by atoms with Gasteiger partial charge in [0.15, 0.2) is 0 Å². The fourth-order valence-electron chi connectivity index (χ4n) is 2.40. The highest BCUT2D eigenvalue weighted by atomic mass is 15.2. The van der Waals surface area contributed by atoms with E-state index >= 15 is 0 Å². The van der Waals surface area contributed by atoms with Crippen LogP contribution in [0, 0.1) is 0 Å². The quantitative estimate of drug-likeness (QED) is 0.435. The Balaban J connectivity index is 1.91. The molecule has 0 aliphatic heterocycles. The number of rotatable bonds is 4. The summed E-state index contributed by atoms with van der Waals surface area (Å²) in [4.78, 5) is 0. The summed E-state index contributed by atoms with van der Waals surface area (Å²) in [6.45, 7) is 0. The monoisotopic (exact) mass is 279 g/mol. The summed E-state index contributed by atoms with van der Waals surface area (Å²) < 4.78 is 0. The van der Waals surface area contributed by atoms with E-state index in [0.717, 1.165) is 16.7 Å². The molecule has 3 aromatic rings. The van der Waals surface area contributed by atoms with Crippen molar-refractivity contribution in [2.24, 2.45) is 5.84 Å². The highest BCUT2D eigenvalue weighted by molar-refractivity contribution is 5.63. The van der Waals surface area contributed by atoms with Crippen molar-refractivity contribution in [1.29, 1.82) is 0 Å². The minimum Gasteiger partial charge on any atom is -0.384 e. The third-order valence-electron chi connectivity index (χ3n) is 3.53. The van der Waals surface area contributed by atoms with Crippen LogP contribution in [0.5, 0.6) is 0 Å². The molecular formula is C16H17N5. The van der Waals surface area contributed by atoms with Gasteiger partial charge < -0.3 is 5.73 Å². The van der Waals surface area contributed by atoms with Gasteiger partial charge >= 0.3 is 0 Å². The predicted molar refractivity (Wildman–Crippen MR) is 84.0 cm³/mol. The Hall–Kier alpha value is -2.63. The largest absolute Gasteiger partial charge is 0.384 e. The lowest BCUT2D eigenvalue weighted by molar-refractivity contribution is 0.639. The van der Waals surface area contributed by atoms with E-state index in [1.807, 2.05) is 30.3 Å². The second kappa shape index (κ2) is 5.78. The van der Waals surface area contributed by atoms with Crippen molar-refractivity contribution >= 4 is 5.82 Å². The number of hydrazine groups is 1. The Morgan fingerprint density at radius 3 is 2.19 bits per heavy atom.